The number of amidine groups is 1. The van der Waals surface area contributed by atoms with Crippen LogP contribution in [0.15, 0.2) is 49.9 Å². The SMILES string of the molecule is CS(=O)(=O)NCC1CSC2=C1S(=O)(=O)N=C(C1=C(O)CC(C3CC3)N(Cc3ccc(F)cc3)C1=O)N2. The smallest absolute Gasteiger partial charge is 0.283 e. The van der Waals surface area contributed by atoms with Gasteiger partial charge in [0.2, 0.25) is 10.0 Å². The fourth-order valence-electron chi connectivity index (χ4n) is 4.70. The second-order valence-electron chi connectivity index (χ2n) is 9.35. The van der Waals surface area contributed by atoms with Crippen molar-refractivity contribution in [2.75, 3.05) is 18.6 Å². The number of hydrogen-bond donors (Lipinski definition) is 3. The van der Waals surface area contributed by atoms with E-state index in [0.717, 1.165) is 19.1 Å². The fourth-order valence-corrected chi connectivity index (χ4v) is 8.28. The predicted octanol–water partition coefficient (Wildman–Crippen LogP) is 1.56. The number of amides is 1. The molecular formula is C22H25FN4O6S3. The number of carbonyl (C=O) groups excluding carboxylic acids is 1. The highest BCUT2D eigenvalue weighted by atomic mass is 32.2. The molecule has 1 fully saturated rings. The zero-order valence-corrected chi connectivity index (χ0v) is 21.7. The molecule has 10 nitrogen and oxygen atoms in total. The van der Waals surface area contributed by atoms with Gasteiger partial charge in [0.05, 0.1) is 11.3 Å². The molecular weight excluding hydrogens is 531 g/mol. The van der Waals surface area contributed by atoms with Crippen LogP contribution >= 0.6 is 11.8 Å². The average Bonchev–Trinajstić information content (AvgIpc) is 3.54. The Morgan fingerprint density at radius 1 is 1.28 bits per heavy atom. The molecule has 3 aliphatic heterocycles. The van der Waals surface area contributed by atoms with Crippen molar-refractivity contribution < 1.29 is 31.1 Å². The summed E-state index contributed by atoms with van der Waals surface area (Å²) < 4.78 is 68.7. The number of benzene rings is 1. The van der Waals surface area contributed by atoms with Gasteiger partial charge >= 0.3 is 0 Å². The first-order chi connectivity index (χ1) is 16.9. The van der Waals surface area contributed by atoms with E-state index >= 15 is 0 Å². The lowest BCUT2D eigenvalue weighted by molar-refractivity contribution is -0.131. The first kappa shape index (κ1) is 25.2. The highest BCUT2D eigenvalue weighted by Gasteiger charge is 2.46. The molecule has 1 aromatic rings. The standard InChI is InChI=1S/C22H25FN4O6S3/c1-35(30,31)24-9-14-11-34-21-19(14)36(32,33)26-20(25-21)18-17(28)8-16(13-4-5-13)27(22(18)29)10-12-2-6-15(23)7-3-12/h2-3,6-7,13-14,16,24,28H,4-5,8-11H2,1H3,(H,25,26). The van der Waals surface area contributed by atoms with E-state index in [9.17, 15) is 31.1 Å². The van der Waals surface area contributed by atoms with E-state index in [2.05, 4.69) is 14.4 Å². The molecule has 0 saturated heterocycles. The molecule has 0 bridgehead atoms. The normalized spacial score (nSPS) is 26.1. The van der Waals surface area contributed by atoms with Crippen molar-refractivity contribution >= 4 is 43.6 Å². The molecule has 1 amide bonds. The number of carbonyl (C=O) groups is 1. The summed E-state index contributed by atoms with van der Waals surface area (Å²) in [7, 11) is -7.74. The summed E-state index contributed by atoms with van der Waals surface area (Å²) in [6.45, 7) is 0.0802. The zero-order chi connectivity index (χ0) is 25.8. The van der Waals surface area contributed by atoms with Crippen LogP contribution in [-0.2, 0) is 31.4 Å². The second kappa shape index (κ2) is 9.15. The van der Waals surface area contributed by atoms with E-state index < -0.39 is 37.7 Å². The van der Waals surface area contributed by atoms with E-state index in [1.807, 2.05) is 0 Å². The minimum atomic E-state index is -4.23. The number of hydrogen-bond acceptors (Lipinski definition) is 8. The van der Waals surface area contributed by atoms with Crippen molar-refractivity contribution in [2.45, 2.75) is 31.8 Å². The summed E-state index contributed by atoms with van der Waals surface area (Å²) in [4.78, 5) is 15.2. The third kappa shape index (κ3) is 5.04. The molecule has 194 valence electrons. The van der Waals surface area contributed by atoms with Gasteiger partial charge < -0.3 is 15.3 Å². The van der Waals surface area contributed by atoms with Gasteiger partial charge in [-0.2, -0.15) is 8.42 Å². The Balaban J connectivity index is 1.44. The van der Waals surface area contributed by atoms with Crippen LogP contribution in [0.25, 0.3) is 0 Å². The third-order valence-electron chi connectivity index (χ3n) is 6.57. The first-order valence-corrected chi connectivity index (χ1v) is 15.7. The van der Waals surface area contributed by atoms with E-state index in [0.29, 0.717) is 11.3 Å². The van der Waals surface area contributed by atoms with Crippen molar-refractivity contribution in [1.82, 2.24) is 14.9 Å². The Kier molecular flexibility index (Phi) is 6.42. The lowest BCUT2D eigenvalue weighted by atomic mass is 9.94. The quantitative estimate of drug-likeness (QED) is 0.459. The lowest BCUT2D eigenvalue weighted by Crippen LogP contribution is -2.49. The molecule has 14 heteroatoms. The van der Waals surface area contributed by atoms with E-state index in [1.54, 1.807) is 17.0 Å². The van der Waals surface area contributed by atoms with Crippen LogP contribution < -0.4 is 10.0 Å². The van der Waals surface area contributed by atoms with Crippen molar-refractivity contribution in [1.29, 1.82) is 0 Å². The van der Waals surface area contributed by atoms with Gasteiger partial charge in [0.25, 0.3) is 15.9 Å². The molecule has 1 aliphatic carbocycles. The van der Waals surface area contributed by atoms with Crippen LogP contribution in [0.3, 0.4) is 0 Å². The fraction of sp³-hybridized carbons (Fsp3) is 0.455. The second-order valence-corrected chi connectivity index (χ2v) is 13.8. The van der Waals surface area contributed by atoms with Crippen LogP contribution in [0, 0.1) is 17.7 Å². The number of thioether (sulfide) groups is 1. The van der Waals surface area contributed by atoms with Gasteiger partial charge in [-0.3, -0.25) is 4.79 Å². The first-order valence-electron chi connectivity index (χ1n) is 11.3. The number of nitrogens with one attached hydrogen (secondary N) is 2. The van der Waals surface area contributed by atoms with Gasteiger partial charge in [0.1, 0.15) is 22.1 Å². The van der Waals surface area contributed by atoms with Gasteiger partial charge in [0, 0.05) is 37.2 Å². The van der Waals surface area contributed by atoms with Crippen molar-refractivity contribution in [3.8, 4) is 0 Å². The Labute approximate surface area is 212 Å². The zero-order valence-electron chi connectivity index (χ0n) is 19.3. The van der Waals surface area contributed by atoms with E-state index in [1.165, 1.54) is 23.9 Å². The summed E-state index contributed by atoms with van der Waals surface area (Å²) in [6.07, 6.45) is 2.99. The maximum Gasteiger partial charge on any atom is 0.283 e. The van der Waals surface area contributed by atoms with Crippen LogP contribution in [0.4, 0.5) is 4.39 Å². The topological polar surface area (TPSA) is 145 Å². The molecule has 0 radical (unpaired) electrons. The molecule has 3 N–H and O–H groups in total. The van der Waals surface area contributed by atoms with Crippen molar-refractivity contribution in [2.24, 2.45) is 16.2 Å². The maximum atomic E-state index is 13.6. The van der Waals surface area contributed by atoms with Crippen LogP contribution in [0.1, 0.15) is 24.8 Å². The predicted molar refractivity (Wildman–Crippen MR) is 133 cm³/mol. The molecule has 2 atom stereocenters. The molecule has 2 unspecified atom stereocenters. The number of aliphatic hydroxyl groups excluding tert-OH is 1. The van der Waals surface area contributed by atoms with Crippen LogP contribution in [-0.4, -0.2) is 63.2 Å². The Hall–Kier alpha value is -2.42. The van der Waals surface area contributed by atoms with Crippen molar-refractivity contribution in [3.05, 3.63) is 56.9 Å². The minimum Gasteiger partial charge on any atom is -0.511 e. The Morgan fingerprint density at radius 3 is 2.61 bits per heavy atom. The lowest BCUT2D eigenvalue weighted by Gasteiger charge is -2.37. The summed E-state index contributed by atoms with van der Waals surface area (Å²) in [5, 5.41) is 14.0. The number of sulfonamides is 2. The Morgan fingerprint density at radius 2 is 1.97 bits per heavy atom. The van der Waals surface area contributed by atoms with Crippen LogP contribution in [0.2, 0.25) is 0 Å². The molecule has 1 aromatic carbocycles. The molecule has 0 aromatic heterocycles. The monoisotopic (exact) mass is 556 g/mol. The van der Waals surface area contributed by atoms with Crippen LogP contribution in [0.5, 0.6) is 0 Å². The molecule has 4 aliphatic rings. The molecule has 1 saturated carbocycles. The number of halogens is 1. The highest BCUT2D eigenvalue weighted by Crippen LogP contribution is 2.43. The molecule has 3 heterocycles. The molecule has 5 rings (SSSR count). The van der Waals surface area contributed by atoms with Gasteiger partial charge in [-0.1, -0.05) is 12.1 Å². The van der Waals surface area contributed by atoms with Gasteiger partial charge in [-0.15, -0.1) is 16.2 Å². The average molecular weight is 557 g/mol. The minimum absolute atomic E-state index is 0.0326. The van der Waals surface area contributed by atoms with E-state index in [-0.39, 0.29) is 58.6 Å². The summed E-state index contributed by atoms with van der Waals surface area (Å²) in [6, 6.07) is 5.53. The van der Waals surface area contributed by atoms with Gasteiger partial charge in [0.15, 0.2) is 5.84 Å². The highest BCUT2D eigenvalue weighted by molar-refractivity contribution is 8.05. The number of nitrogens with zero attached hydrogens (tertiary/aromatic N) is 2. The summed E-state index contributed by atoms with van der Waals surface area (Å²) >= 11 is 1.19. The van der Waals surface area contributed by atoms with Gasteiger partial charge in [-0.25, -0.2) is 17.5 Å². The van der Waals surface area contributed by atoms with Gasteiger partial charge in [-0.05, 0) is 36.5 Å². The Bertz CT molecular complexity index is 1420. The number of rotatable bonds is 7. The third-order valence-corrected chi connectivity index (χ3v) is 10.1. The summed E-state index contributed by atoms with van der Waals surface area (Å²) in [5.74, 6) is -1.51. The molecule has 0 spiro atoms. The van der Waals surface area contributed by atoms with Crippen molar-refractivity contribution in [3.63, 3.8) is 0 Å². The summed E-state index contributed by atoms with van der Waals surface area (Å²) in [5.41, 5.74) is 0.502. The largest absolute Gasteiger partial charge is 0.511 e. The number of aliphatic hydroxyl groups is 1. The maximum absolute atomic E-state index is 13.6. The molecule has 36 heavy (non-hydrogen) atoms. The van der Waals surface area contributed by atoms with E-state index in [4.69, 9.17) is 0 Å².